The third-order valence-electron chi connectivity index (χ3n) is 2.39. The predicted octanol–water partition coefficient (Wildman–Crippen LogP) is 2.56. The highest BCUT2D eigenvalue weighted by Gasteiger charge is 2.13. The van der Waals surface area contributed by atoms with Crippen molar-refractivity contribution in [1.29, 1.82) is 0 Å². The lowest BCUT2D eigenvalue weighted by Gasteiger charge is -2.05. The molecule has 92 valence electrons. The molecule has 0 aliphatic heterocycles. The Morgan fingerprint density at radius 3 is 2.67 bits per heavy atom. The van der Waals surface area contributed by atoms with Crippen LogP contribution >= 0.6 is 15.9 Å². The van der Waals surface area contributed by atoms with E-state index in [1.807, 2.05) is 13.0 Å². The molecule has 0 amide bonds. The molecule has 0 unspecified atom stereocenters. The molecule has 6 heteroatoms. The van der Waals surface area contributed by atoms with Crippen LogP contribution < -0.4 is 0 Å². The summed E-state index contributed by atoms with van der Waals surface area (Å²) in [7, 11) is 0. The number of aromatic carboxylic acids is 1. The molecule has 0 aliphatic rings. The number of pyridine rings is 1. The third-order valence-corrected chi connectivity index (χ3v) is 2.86. The fourth-order valence-corrected chi connectivity index (χ4v) is 1.73. The summed E-state index contributed by atoms with van der Waals surface area (Å²) in [4.78, 5) is 23.4. The smallest absolute Gasteiger partial charge is 0.339 e. The second-order valence-electron chi connectivity index (χ2n) is 3.57. The van der Waals surface area contributed by atoms with Gasteiger partial charge in [0.25, 0.3) is 0 Å². The molecular weight excluding hydrogens is 298 g/mol. The van der Waals surface area contributed by atoms with E-state index >= 15 is 0 Å². The van der Waals surface area contributed by atoms with E-state index in [-0.39, 0.29) is 5.56 Å². The number of carboxylic acids is 1. The van der Waals surface area contributed by atoms with Gasteiger partial charge in [-0.25, -0.2) is 14.8 Å². The van der Waals surface area contributed by atoms with E-state index in [0.29, 0.717) is 23.6 Å². The molecule has 0 atom stereocenters. The van der Waals surface area contributed by atoms with Gasteiger partial charge in [0.1, 0.15) is 5.69 Å². The maximum absolute atomic E-state index is 11.0. The first kappa shape index (κ1) is 12.6. The maximum atomic E-state index is 11.0. The molecule has 2 rings (SSSR count). The molecule has 0 spiro atoms. The van der Waals surface area contributed by atoms with Gasteiger partial charge in [-0.3, -0.25) is 4.98 Å². The van der Waals surface area contributed by atoms with Gasteiger partial charge in [-0.15, -0.1) is 0 Å². The van der Waals surface area contributed by atoms with Crippen molar-refractivity contribution in [1.82, 2.24) is 15.0 Å². The van der Waals surface area contributed by atoms with Crippen LogP contribution in [-0.4, -0.2) is 26.0 Å². The molecule has 1 N–H and O–H groups in total. The van der Waals surface area contributed by atoms with Gasteiger partial charge in [-0.2, -0.15) is 0 Å². The monoisotopic (exact) mass is 307 g/mol. The molecule has 0 radical (unpaired) electrons. The van der Waals surface area contributed by atoms with Crippen LogP contribution in [0, 0.1) is 0 Å². The number of aromatic nitrogens is 3. The number of carbonyl (C=O) groups is 1. The largest absolute Gasteiger partial charge is 0.478 e. The quantitative estimate of drug-likeness (QED) is 0.943. The van der Waals surface area contributed by atoms with Gasteiger partial charge in [0, 0.05) is 16.9 Å². The van der Waals surface area contributed by atoms with E-state index in [1.54, 1.807) is 12.3 Å². The number of nitrogens with zero attached hydrogens (tertiary/aromatic N) is 3. The van der Waals surface area contributed by atoms with Gasteiger partial charge < -0.3 is 5.11 Å². The molecular formula is C12H10BrN3O2. The summed E-state index contributed by atoms with van der Waals surface area (Å²) in [6, 6.07) is 3.61. The highest BCUT2D eigenvalue weighted by atomic mass is 79.9. The Hall–Kier alpha value is -1.82. The minimum Gasteiger partial charge on any atom is -0.478 e. The van der Waals surface area contributed by atoms with Crippen molar-refractivity contribution in [2.75, 3.05) is 0 Å². The Kier molecular flexibility index (Phi) is 3.66. The zero-order valence-corrected chi connectivity index (χ0v) is 11.2. The van der Waals surface area contributed by atoms with Gasteiger partial charge in [0.15, 0.2) is 5.82 Å². The van der Waals surface area contributed by atoms with Crippen LogP contribution in [0.15, 0.2) is 29.0 Å². The molecule has 0 aromatic carbocycles. The van der Waals surface area contributed by atoms with Crippen molar-refractivity contribution in [3.8, 4) is 11.5 Å². The SMILES string of the molecule is CCc1nc(-c2ccc(Br)cn2)ncc1C(=O)O. The predicted molar refractivity (Wildman–Crippen MR) is 69.3 cm³/mol. The standard InChI is InChI=1S/C12H10BrN3O2/c1-2-9-8(12(17)18)6-15-11(16-9)10-4-3-7(13)5-14-10/h3-6H,2H2,1H3,(H,17,18). The van der Waals surface area contributed by atoms with Crippen molar-refractivity contribution in [2.24, 2.45) is 0 Å². The first-order valence-corrected chi connectivity index (χ1v) is 6.12. The van der Waals surface area contributed by atoms with Crippen molar-refractivity contribution in [3.05, 3.63) is 40.3 Å². The summed E-state index contributed by atoms with van der Waals surface area (Å²) in [5, 5.41) is 8.99. The van der Waals surface area contributed by atoms with Crippen molar-refractivity contribution < 1.29 is 9.90 Å². The topological polar surface area (TPSA) is 76.0 Å². The van der Waals surface area contributed by atoms with Gasteiger partial charge in [-0.1, -0.05) is 6.92 Å². The molecule has 18 heavy (non-hydrogen) atoms. The van der Waals surface area contributed by atoms with Crippen LogP contribution in [0.25, 0.3) is 11.5 Å². The second kappa shape index (κ2) is 5.22. The molecule has 0 saturated carbocycles. The van der Waals surface area contributed by atoms with E-state index in [0.717, 1.165) is 4.47 Å². The Morgan fingerprint density at radius 2 is 2.11 bits per heavy atom. The van der Waals surface area contributed by atoms with Gasteiger partial charge >= 0.3 is 5.97 Å². The minimum atomic E-state index is -1.01. The van der Waals surface area contributed by atoms with E-state index in [2.05, 4.69) is 30.9 Å². The summed E-state index contributed by atoms with van der Waals surface area (Å²) in [5.74, 6) is -0.577. The lowest BCUT2D eigenvalue weighted by molar-refractivity contribution is 0.0694. The minimum absolute atomic E-state index is 0.137. The van der Waals surface area contributed by atoms with Crippen molar-refractivity contribution >= 4 is 21.9 Å². The number of halogens is 1. The summed E-state index contributed by atoms with van der Waals surface area (Å²) < 4.78 is 0.865. The Bertz CT molecular complexity index is 584. The van der Waals surface area contributed by atoms with E-state index in [4.69, 9.17) is 5.11 Å². The van der Waals surface area contributed by atoms with Gasteiger partial charge in [0.2, 0.25) is 0 Å². The highest BCUT2D eigenvalue weighted by molar-refractivity contribution is 9.10. The Balaban J connectivity index is 2.47. The van der Waals surface area contributed by atoms with Crippen LogP contribution in [-0.2, 0) is 6.42 Å². The fourth-order valence-electron chi connectivity index (χ4n) is 1.50. The molecule has 2 aromatic heterocycles. The Morgan fingerprint density at radius 1 is 1.33 bits per heavy atom. The number of carboxylic acid groups (broad SMARTS) is 1. The first-order chi connectivity index (χ1) is 8.61. The van der Waals surface area contributed by atoms with Crippen molar-refractivity contribution in [3.63, 3.8) is 0 Å². The van der Waals surface area contributed by atoms with Crippen molar-refractivity contribution in [2.45, 2.75) is 13.3 Å². The zero-order chi connectivity index (χ0) is 13.1. The zero-order valence-electron chi connectivity index (χ0n) is 9.59. The van der Waals surface area contributed by atoms with Gasteiger partial charge in [-0.05, 0) is 34.5 Å². The van der Waals surface area contributed by atoms with Crippen LogP contribution in [0.5, 0.6) is 0 Å². The molecule has 2 heterocycles. The average molecular weight is 308 g/mol. The van der Waals surface area contributed by atoms with Crippen LogP contribution in [0.4, 0.5) is 0 Å². The van der Waals surface area contributed by atoms with Crippen LogP contribution in [0.3, 0.4) is 0 Å². The second-order valence-corrected chi connectivity index (χ2v) is 4.49. The molecule has 2 aromatic rings. The molecule has 5 nitrogen and oxygen atoms in total. The summed E-state index contributed by atoms with van der Waals surface area (Å²) in [6.07, 6.45) is 3.51. The van der Waals surface area contributed by atoms with Crippen LogP contribution in [0.1, 0.15) is 23.0 Å². The number of rotatable bonds is 3. The number of aryl methyl sites for hydroxylation is 1. The summed E-state index contributed by atoms with van der Waals surface area (Å²) in [5.41, 5.74) is 1.26. The lowest BCUT2D eigenvalue weighted by Crippen LogP contribution is -2.07. The molecule has 0 saturated heterocycles. The molecule has 0 fully saturated rings. The van der Waals surface area contributed by atoms with Gasteiger partial charge in [0.05, 0.1) is 11.3 Å². The van der Waals surface area contributed by atoms with E-state index in [1.165, 1.54) is 6.20 Å². The average Bonchev–Trinajstić information content (AvgIpc) is 2.38. The fraction of sp³-hybridized carbons (Fsp3) is 0.167. The third kappa shape index (κ3) is 2.53. The summed E-state index contributed by atoms with van der Waals surface area (Å²) >= 11 is 3.30. The van der Waals surface area contributed by atoms with Crippen LogP contribution in [0.2, 0.25) is 0 Å². The molecule has 0 bridgehead atoms. The lowest BCUT2D eigenvalue weighted by atomic mass is 10.2. The number of hydrogen-bond donors (Lipinski definition) is 1. The highest BCUT2D eigenvalue weighted by Crippen LogP contribution is 2.17. The number of hydrogen-bond acceptors (Lipinski definition) is 4. The molecule has 0 aliphatic carbocycles. The van der Waals surface area contributed by atoms with E-state index in [9.17, 15) is 4.79 Å². The van der Waals surface area contributed by atoms with E-state index < -0.39 is 5.97 Å². The Labute approximate surface area is 112 Å². The summed E-state index contributed by atoms with van der Waals surface area (Å²) in [6.45, 7) is 1.85. The normalized spacial score (nSPS) is 10.3. The first-order valence-electron chi connectivity index (χ1n) is 5.33. The maximum Gasteiger partial charge on any atom is 0.339 e.